The first-order valence-corrected chi connectivity index (χ1v) is 10.2. The van der Waals surface area contributed by atoms with Gasteiger partial charge < -0.3 is 15.0 Å². The van der Waals surface area contributed by atoms with Crippen molar-refractivity contribution in [1.29, 1.82) is 0 Å². The quantitative estimate of drug-likeness (QED) is 0.696. The van der Waals surface area contributed by atoms with Crippen molar-refractivity contribution in [2.75, 3.05) is 23.9 Å². The van der Waals surface area contributed by atoms with E-state index >= 15 is 0 Å². The average Bonchev–Trinajstić information content (AvgIpc) is 3.34. The molecule has 0 atom stereocenters. The molecule has 7 heteroatoms. The molecule has 4 rings (SSSR count). The van der Waals surface area contributed by atoms with Crippen molar-refractivity contribution in [3.63, 3.8) is 0 Å². The highest BCUT2D eigenvalue weighted by Crippen LogP contribution is 2.31. The summed E-state index contributed by atoms with van der Waals surface area (Å²) in [5.74, 6) is 0.723. The third-order valence-electron chi connectivity index (χ3n) is 4.87. The van der Waals surface area contributed by atoms with Crippen molar-refractivity contribution >= 4 is 34.5 Å². The number of amides is 2. The van der Waals surface area contributed by atoms with Gasteiger partial charge in [-0.05, 0) is 54.4 Å². The summed E-state index contributed by atoms with van der Waals surface area (Å²) in [4.78, 5) is 30.4. The van der Waals surface area contributed by atoms with Crippen LogP contribution in [-0.4, -0.2) is 30.5 Å². The van der Waals surface area contributed by atoms with Crippen LogP contribution in [-0.2, 0) is 22.4 Å². The molecule has 1 aromatic heterocycles. The van der Waals surface area contributed by atoms with Crippen LogP contribution in [0, 0.1) is 0 Å². The Morgan fingerprint density at radius 2 is 2.00 bits per heavy atom. The second kappa shape index (κ2) is 8.05. The summed E-state index contributed by atoms with van der Waals surface area (Å²) in [5.41, 5.74) is 4.48. The van der Waals surface area contributed by atoms with Crippen molar-refractivity contribution < 1.29 is 14.3 Å². The molecule has 0 fully saturated rings. The van der Waals surface area contributed by atoms with Crippen molar-refractivity contribution in [3.05, 3.63) is 59.1 Å². The molecule has 0 bridgehead atoms. The fourth-order valence-corrected chi connectivity index (χ4v) is 4.26. The summed E-state index contributed by atoms with van der Waals surface area (Å²) in [7, 11) is 1.63. The Morgan fingerprint density at radius 1 is 1.21 bits per heavy atom. The summed E-state index contributed by atoms with van der Waals surface area (Å²) in [6.45, 7) is 2.26. The molecule has 6 nitrogen and oxygen atoms in total. The fraction of sp³-hybridized carbons (Fsp3) is 0.227. The van der Waals surface area contributed by atoms with E-state index in [4.69, 9.17) is 4.74 Å². The largest absolute Gasteiger partial charge is 0.497 e. The number of aromatic nitrogens is 1. The predicted octanol–water partition coefficient (Wildman–Crippen LogP) is 3.91. The second-order valence-electron chi connectivity index (χ2n) is 6.86. The Bertz CT molecular complexity index is 1060. The predicted molar refractivity (Wildman–Crippen MR) is 115 cm³/mol. The number of methoxy groups -OCH3 is 1. The zero-order chi connectivity index (χ0) is 20.4. The van der Waals surface area contributed by atoms with E-state index in [0.717, 1.165) is 45.4 Å². The van der Waals surface area contributed by atoms with Gasteiger partial charge in [0.1, 0.15) is 10.8 Å². The summed E-state index contributed by atoms with van der Waals surface area (Å²) >= 11 is 1.51. The minimum Gasteiger partial charge on any atom is -0.497 e. The van der Waals surface area contributed by atoms with E-state index in [0.29, 0.717) is 6.54 Å². The molecule has 0 saturated carbocycles. The van der Waals surface area contributed by atoms with Gasteiger partial charge in [-0.15, -0.1) is 11.3 Å². The summed E-state index contributed by atoms with van der Waals surface area (Å²) in [6.07, 6.45) is 1.01. The molecule has 29 heavy (non-hydrogen) atoms. The first-order chi connectivity index (χ1) is 14.0. The van der Waals surface area contributed by atoms with Crippen molar-refractivity contribution in [1.82, 2.24) is 4.98 Å². The Balaban J connectivity index is 1.40. The van der Waals surface area contributed by atoms with Gasteiger partial charge in [0.25, 0.3) is 0 Å². The number of fused-ring (bicyclic) bond motifs is 1. The average molecular weight is 407 g/mol. The van der Waals surface area contributed by atoms with Crippen molar-refractivity contribution in [2.24, 2.45) is 0 Å². The molecule has 3 aromatic rings. The molecule has 2 amide bonds. The number of nitrogens with one attached hydrogen (secondary N) is 1. The standard InChI is InChI=1S/C22H21N3O3S/c1-14(26)25-10-9-16-11-17(5-8-20(16)25)23-21(27)12-18-13-29-22(24-18)15-3-6-19(28-2)7-4-15/h3-8,11,13H,9-10,12H2,1-2H3,(H,23,27). The third kappa shape index (κ3) is 4.14. The number of benzene rings is 2. The van der Waals surface area contributed by atoms with E-state index < -0.39 is 0 Å². The van der Waals surface area contributed by atoms with Crippen LogP contribution in [0.15, 0.2) is 47.8 Å². The van der Waals surface area contributed by atoms with Gasteiger partial charge in [-0.1, -0.05) is 0 Å². The van der Waals surface area contributed by atoms with Gasteiger partial charge in [0, 0.05) is 35.8 Å². The zero-order valence-electron chi connectivity index (χ0n) is 16.3. The van der Waals surface area contributed by atoms with Crippen LogP contribution in [0.5, 0.6) is 5.75 Å². The molecule has 0 radical (unpaired) electrons. The topological polar surface area (TPSA) is 71.5 Å². The number of hydrogen-bond donors (Lipinski definition) is 1. The first kappa shape index (κ1) is 19.1. The minimum absolute atomic E-state index is 0.0386. The zero-order valence-corrected chi connectivity index (χ0v) is 17.1. The third-order valence-corrected chi connectivity index (χ3v) is 5.81. The number of carbonyl (C=O) groups is 2. The van der Waals surface area contributed by atoms with Crippen LogP contribution in [0.3, 0.4) is 0 Å². The highest BCUT2D eigenvalue weighted by Gasteiger charge is 2.22. The number of rotatable bonds is 5. The molecule has 1 aliphatic heterocycles. The van der Waals surface area contributed by atoms with Crippen molar-refractivity contribution in [3.8, 4) is 16.3 Å². The molecule has 2 aromatic carbocycles. The molecular formula is C22H21N3O3S. The fourth-order valence-electron chi connectivity index (χ4n) is 3.43. The van der Waals surface area contributed by atoms with Crippen LogP contribution in [0.4, 0.5) is 11.4 Å². The van der Waals surface area contributed by atoms with Gasteiger partial charge >= 0.3 is 0 Å². The Hall–Kier alpha value is -3.19. The van der Waals surface area contributed by atoms with Crippen LogP contribution in [0.2, 0.25) is 0 Å². The Kier molecular flexibility index (Phi) is 5.31. The lowest BCUT2D eigenvalue weighted by molar-refractivity contribution is -0.117. The normalized spacial score (nSPS) is 12.6. The molecule has 1 aliphatic rings. The number of nitrogens with zero attached hydrogens (tertiary/aromatic N) is 2. The number of carbonyl (C=O) groups excluding carboxylic acids is 2. The van der Waals surface area contributed by atoms with E-state index in [2.05, 4.69) is 10.3 Å². The maximum Gasteiger partial charge on any atom is 0.230 e. The summed E-state index contributed by atoms with van der Waals surface area (Å²) in [5, 5.41) is 5.72. The number of thiazole rings is 1. The molecule has 2 heterocycles. The van der Waals surface area contributed by atoms with Gasteiger partial charge in [-0.25, -0.2) is 4.98 Å². The van der Waals surface area contributed by atoms with Crippen LogP contribution in [0.1, 0.15) is 18.2 Å². The lowest BCUT2D eigenvalue weighted by atomic mass is 10.1. The minimum atomic E-state index is -0.113. The van der Waals surface area contributed by atoms with Gasteiger partial charge in [0.2, 0.25) is 11.8 Å². The van der Waals surface area contributed by atoms with Gasteiger partial charge in [-0.3, -0.25) is 9.59 Å². The lowest BCUT2D eigenvalue weighted by Gasteiger charge is -2.15. The Labute approximate surface area is 173 Å². The van der Waals surface area contributed by atoms with Crippen molar-refractivity contribution in [2.45, 2.75) is 19.8 Å². The second-order valence-corrected chi connectivity index (χ2v) is 7.72. The monoisotopic (exact) mass is 407 g/mol. The smallest absolute Gasteiger partial charge is 0.230 e. The molecular weight excluding hydrogens is 386 g/mol. The summed E-state index contributed by atoms with van der Waals surface area (Å²) in [6, 6.07) is 13.4. The van der Waals surface area contributed by atoms with Gasteiger partial charge in [0.15, 0.2) is 0 Å². The van der Waals surface area contributed by atoms with E-state index in [-0.39, 0.29) is 18.2 Å². The molecule has 0 spiro atoms. The van der Waals surface area contributed by atoms with E-state index in [1.54, 1.807) is 18.9 Å². The maximum absolute atomic E-state index is 12.5. The van der Waals surface area contributed by atoms with Crippen LogP contribution >= 0.6 is 11.3 Å². The Morgan fingerprint density at radius 3 is 2.72 bits per heavy atom. The van der Waals surface area contributed by atoms with E-state index in [1.807, 2.05) is 47.8 Å². The SMILES string of the molecule is COc1ccc(-c2nc(CC(=O)Nc3ccc4c(c3)CCN4C(C)=O)cs2)cc1. The lowest BCUT2D eigenvalue weighted by Crippen LogP contribution is -2.25. The number of hydrogen-bond acceptors (Lipinski definition) is 5. The molecule has 148 valence electrons. The number of anilines is 2. The van der Waals surface area contributed by atoms with E-state index in [1.165, 1.54) is 11.3 Å². The summed E-state index contributed by atoms with van der Waals surface area (Å²) < 4.78 is 5.18. The molecule has 0 unspecified atom stereocenters. The number of ether oxygens (including phenoxy) is 1. The highest BCUT2D eigenvalue weighted by molar-refractivity contribution is 7.13. The van der Waals surface area contributed by atoms with Gasteiger partial charge in [0.05, 0.1) is 19.2 Å². The highest BCUT2D eigenvalue weighted by atomic mass is 32.1. The van der Waals surface area contributed by atoms with E-state index in [9.17, 15) is 9.59 Å². The molecule has 1 N–H and O–H groups in total. The van der Waals surface area contributed by atoms with Crippen LogP contribution in [0.25, 0.3) is 10.6 Å². The first-order valence-electron chi connectivity index (χ1n) is 9.33. The molecule has 0 saturated heterocycles. The maximum atomic E-state index is 12.5. The van der Waals surface area contributed by atoms with Gasteiger partial charge in [-0.2, -0.15) is 0 Å². The molecule has 0 aliphatic carbocycles. The van der Waals surface area contributed by atoms with Crippen LogP contribution < -0.4 is 15.0 Å².